The standard InChI is InChI=1S/C10H10N2.Na.H/c1-8-2-4-9(5-3-8)10-11-6-7-12-10;;/h2-7H,1H3,(H,11,12);;/q;+1;-1. The smallest absolute Gasteiger partial charge is 1.00 e. The van der Waals surface area contributed by atoms with E-state index in [9.17, 15) is 0 Å². The van der Waals surface area contributed by atoms with Gasteiger partial charge in [-0.05, 0) is 6.92 Å². The summed E-state index contributed by atoms with van der Waals surface area (Å²) in [4.78, 5) is 7.22. The first-order valence-corrected chi connectivity index (χ1v) is 3.93. The van der Waals surface area contributed by atoms with Crippen LogP contribution in [0.2, 0.25) is 0 Å². The number of benzene rings is 1. The van der Waals surface area contributed by atoms with Gasteiger partial charge in [0.15, 0.2) is 0 Å². The van der Waals surface area contributed by atoms with E-state index in [4.69, 9.17) is 0 Å². The zero-order chi connectivity index (χ0) is 8.39. The Morgan fingerprint density at radius 1 is 1.23 bits per heavy atom. The zero-order valence-corrected chi connectivity index (χ0v) is 9.91. The number of H-pyrrole nitrogens is 1. The molecule has 2 aromatic rings. The first-order chi connectivity index (χ1) is 5.86. The molecule has 2 nitrogen and oxygen atoms in total. The van der Waals surface area contributed by atoms with E-state index in [1.807, 2.05) is 6.20 Å². The van der Waals surface area contributed by atoms with Gasteiger partial charge in [0.25, 0.3) is 0 Å². The molecule has 0 bridgehead atoms. The second-order valence-corrected chi connectivity index (χ2v) is 2.80. The first kappa shape index (κ1) is 10.5. The molecular formula is C10H11N2Na. The zero-order valence-electron chi connectivity index (χ0n) is 8.91. The van der Waals surface area contributed by atoms with Gasteiger partial charge in [0, 0.05) is 18.0 Å². The molecule has 0 aliphatic carbocycles. The van der Waals surface area contributed by atoms with Gasteiger partial charge in [-0.15, -0.1) is 0 Å². The van der Waals surface area contributed by atoms with Crippen LogP contribution in [-0.2, 0) is 0 Å². The molecule has 62 valence electrons. The molecule has 1 N–H and O–H groups in total. The van der Waals surface area contributed by atoms with Crippen LogP contribution < -0.4 is 29.6 Å². The molecule has 1 aromatic heterocycles. The quantitative estimate of drug-likeness (QED) is 0.592. The largest absolute Gasteiger partial charge is 1.00 e. The van der Waals surface area contributed by atoms with Crippen LogP contribution in [0.4, 0.5) is 0 Å². The molecule has 1 aromatic carbocycles. The van der Waals surface area contributed by atoms with Crippen LogP contribution in [0.5, 0.6) is 0 Å². The number of aryl methyl sites for hydroxylation is 1. The predicted octanol–water partition coefficient (Wildman–Crippen LogP) is -0.498. The monoisotopic (exact) mass is 182 g/mol. The Balaban J connectivity index is 0.000000845. The predicted molar refractivity (Wildman–Crippen MR) is 49.9 cm³/mol. The van der Waals surface area contributed by atoms with Crippen molar-refractivity contribution in [1.29, 1.82) is 0 Å². The molecular weight excluding hydrogens is 171 g/mol. The van der Waals surface area contributed by atoms with E-state index in [1.165, 1.54) is 5.56 Å². The third-order valence-corrected chi connectivity index (χ3v) is 1.82. The van der Waals surface area contributed by atoms with Gasteiger partial charge in [0.1, 0.15) is 5.82 Å². The molecule has 0 radical (unpaired) electrons. The van der Waals surface area contributed by atoms with Crippen LogP contribution in [-0.4, -0.2) is 9.97 Å². The fraction of sp³-hybridized carbons (Fsp3) is 0.100. The SMILES string of the molecule is Cc1ccc(-c2ncc[nH]2)cc1.[H-].[Na+]. The Hall–Kier alpha value is -0.570. The molecule has 13 heavy (non-hydrogen) atoms. The minimum absolute atomic E-state index is 0. The van der Waals surface area contributed by atoms with E-state index in [0.29, 0.717) is 0 Å². The Morgan fingerprint density at radius 2 is 1.92 bits per heavy atom. The second-order valence-electron chi connectivity index (χ2n) is 2.80. The van der Waals surface area contributed by atoms with Crippen molar-refractivity contribution in [3.05, 3.63) is 42.2 Å². The van der Waals surface area contributed by atoms with E-state index in [1.54, 1.807) is 6.20 Å². The Bertz CT molecular complexity index is 356. The van der Waals surface area contributed by atoms with Crippen molar-refractivity contribution < 1.29 is 31.0 Å². The maximum Gasteiger partial charge on any atom is 1.00 e. The van der Waals surface area contributed by atoms with Gasteiger partial charge < -0.3 is 6.41 Å². The fourth-order valence-electron chi connectivity index (χ4n) is 1.13. The average Bonchev–Trinajstić information content (AvgIpc) is 2.58. The number of aromatic amines is 1. The van der Waals surface area contributed by atoms with Gasteiger partial charge in [-0.1, -0.05) is 29.8 Å². The van der Waals surface area contributed by atoms with Gasteiger partial charge in [-0.25, -0.2) is 4.98 Å². The van der Waals surface area contributed by atoms with Crippen molar-refractivity contribution in [2.75, 3.05) is 0 Å². The van der Waals surface area contributed by atoms with E-state index >= 15 is 0 Å². The van der Waals surface area contributed by atoms with Crippen LogP contribution in [0.15, 0.2) is 36.7 Å². The van der Waals surface area contributed by atoms with E-state index in [-0.39, 0.29) is 31.0 Å². The van der Waals surface area contributed by atoms with Crippen LogP contribution in [0, 0.1) is 6.92 Å². The summed E-state index contributed by atoms with van der Waals surface area (Å²) in [5.74, 6) is 0.926. The summed E-state index contributed by atoms with van der Waals surface area (Å²) in [5, 5.41) is 0. The summed E-state index contributed by atoms with van der Waals surface area (Å²) in [6, 6.07) is 8.29. The van der Waals surface area contributed by atoms with Gasteiger partial charge >= 0.3 is 29.6 Å². The maximum atomic E-state index is 4.16. The van der Waals surface area contributed by atoms with Crippen molar-refractivity contribution in [3.8, 4) is 11.4 Å². The molecule has 0 spiro atoms. The molecule has 0 atom stereocenters. The molecule has 0 saturated carbocycles. The van der Waals surface area contributed by atoms with E-state index in [0.717, 1.165) is 11.4 Å². The van der Waals surface area contributed by atoms with Crippen molar-refractivity contribution in [3.63, 3.8) is 0 Å². The van der Waals surface area contributed by atoms with E-state index < -0.39 is 0 Å². The maximum absolute atomic E-state index is 4.16. The van der Waals surface area contributed by atoms with Crippen LogP contribution >= 0.6 is 0 Å². The summed E-state index contributed by atoms with van der Waals surface area (Å²) < 4.78 is 0. The number of imidazole rings is 1. The third-order valence-electron chi connectivity index (χ3n) is 1.82. The summed E-state index contributed by atoms with van der Waals surface area (Å²) in [5.41, 5.74) is 2.40. The van der Waals surface area contributed by atoms with Crippen molar-refractivity contribution in [1.82, 2.24) is 9.97 Å². The number of rotatable bonds is 1. The number of hydrogen-bond donors (Lipinski definition) is 1. The van der Waals surface area contributed by atoms with E-state index in [2.05, 4.69) is 41.2 Å². The number of nitrogens with one attached hydrogen (secondary N) is 1. The molecule has 0 fully saturated rings. The molecule has 0 saturated heterocycles. The van der Waals surface area contributed by atoms with Crippen LogP contribution in [0.3, 0.4) is 0 Å². The molecule has 2 rings (SSSR count). The molecule has 0 aliphatic heterocycles. The van der Waals surface area contributed by atoms with Gasteiger partial charge in [0.05, 0.1) is 0 Å². The minimum Gasteiger partial charge on any atom is -1.00 e. The molecule has 0 unspecified atom stereocenters. The average molecular weight is 182 g/mol. The minimum atomic E-state index is 0. The molecule has 1 heterocycles. The van der Waals surface area contributed by atoms with Crippen LogP contribution in [0.25, 0.3) is 11.4 Å². The van der Waals surface area contributed by atoms with Gasteiger partial charge in [-0.2, -0.15) is 0 Å². The summed E-state index contributed by atoms with van der Waals surface area (Å²) >= 11 is 0. The molecule has 3 heteroatoms. The summed E-state index contributed by atoms with van der Waals surface area (Å²) in [6.45, 7) is 2.08. The van der Waals surface area contributed by atoms with Crippen molar-refractivity contribution >= 4 is 0 Å². The third kappa shape index (κ3) is 2.44. The second kappa shape index (κ2) is 4.61. The topological polar surface area (TPSA) is 28.7 Å². The Kier molecular flexibility index (Phi) is 3.72. The fourth-order valence-corrected chi connectivity index (χ4v) is 1.13. The van der Waals surface area contributed by atoms with Crippen LogP contribution in [0.1, 0.15) is 6.99 Å². The first-order valence-electron chi connectivity index (χ1n) is 3.93. The summed E-state index contributed by atoms with van der Waals surface area (Å²) in [6.07, 6.45) is 3.59. The normalized spacial score (nSPS) is 9.31. The molecule has 0 amide bonds. The number of nitrogens with zero attached hydrogens (tertiary/aromatic N) is 1. The van der Waals surface area contributed by atoms with Crippen molar-refractivity contribution in [2.24, 2.45) is 0 Å². The Morgan fingerprint density at radius 3 is 2.46 bits per heavy atom. The van der Waals surface area contributed by atoms with Crippen molar-refractivity contribution in [2.45, 2.75) is 6.92 Å². The van der Waals surface area contributed by atoms with Gasteiger partial charge in [-0.3, -0.25) is 0 Å². The molecule has 0 aliphatic rings. The number of hydrogen-bond acceptors (Lipinski definition) is 1. The number of aromatic nitrogens is 2. The van der Waals surface area contributed by atoms with Gasteiger partial charge in [0.2, 0.25) is 0 Å². The summed E-state index contributed by atoms with van der Waals surface area (Å²) in [7, 11) is 0. The Labute approximate surface area is 101 Å².